The van der Waals surface area contributed by atoms with Crippen molar-refractivity contribution in [2.24, 2.45) is 5.92 Å². The van der Waals surface area contributed by atoms with Crippen LogP contribution in [0, 0.1) is 5.92 Å². The maximum Gasteiger partial charge on any atom is 0.161 e. The molecule has 3 atom stereocenters. The van der Waals surface area contributed by atoms with Crippen LogP contribution in [0.5, 0.6) is 0 Å². The Balaban J connectivity index is 1.88. The maximum absolute atomic E-state index is 5.64. The van der Waals surface area contributed by atoms with Crippen LogP contribution in [0.1, 0.15) is 26.2 Å². The Hall–Kier alpha value is -0.340. The predicted molar refractivity (Wildman–Crippen MR) is 46.8 cm³/mol. The summed E-state index contributed by atoms with van der Waals surface area (Å²) in [5.41, 5.74) is 0. The van der Waals surface area contributed by atoms with Gasteiger partial charge in [0.25, 0.3) is 0 Å². The zero-order chi connectivity index (χ0) is 8.39. The number of allylic oxidation sites excluding steroid dienone is 2. The Labute approximate surface area is 73.5 Å². The van der Waals surface area contributed by atoms with Crippen molar-refractivity contribution in [2.45, 2.75) is 38.6 Å². The molecule has 1 saturated heterocycles. The van der Waals surface area contributed by atoms with Crippen LogP contribution in [0.25, 0.3) is 0 Å². The molecule has 0 bridgehead atoms. The molecular formula is C10H16O2. The van der Waals surface area contributed by atoms with Gasteiger partial charge in [0.05, 0.1) is 12.7 Å². The van der Waals surface area contributed by atoms with E-state index in [4.69, 9.17) is 9.47 Å². The molecule has 2 rings (SSSR count). The van der Waals surface area contributed by atoms with Gasteiger partial charge in [0.1, 0.15) is 0 Å². The number of hydrogen-bond acceptors (Lipinski definition) is 2. The average molecular weight is 168 g/mol. The van der Waals surface area contributed by atoms with Crippen LogP contribution >= 0.6 is 0 Å². The van der Waals surface area contributed by atoms with Gasteiger partial charge in [-0.3, -0.25) is 0 Å². The molecule has 68 valence electrons. The van der Waals surface area contributed by atoms with Crippen LogP contribution in [0.3, 0.4) is 0 Å². The van der Waals surface area contributed by atoms with E-state index in [0.717, 1.165) is 13.0 Å². The van der Waals surface area contributed by atoms with Gasteiger partial charge in [-0.1, -0.05) is 12.2 Å². The first kappa shape index (κ1) is 8.27. The lowest BCUT2D eigenvalue weighted by atomic mass is 9.94. The third-order valence-electron chi connectivity index (χ3n) is 2.56. The first-order valence-corrected chi connectivity index (χ1v) is 4.78. The van der Waals surface area contributed by atoms with Gasteiger partial charge < -0.3 is 9.47 Å². The van der Waals surface area contributed by atoms with Gasteiger partial charge in [0.2, 0.25) is 0 Å². The summed E-state index contributed by atoms with van der Waals surface area (Å²) in [4.78, 5) is 0. The molecule has 1 aliphatic carbocycles. The topological polar surface area (TPSA) is 18.5 Å². The van der Waals surface area contributed by atoms with Gasteiger partial charge in [-0.15, -0.1) is 0 Å². The smallest absolute Gasteiger partial charge is 0.161 e. The van der Waals surface area contributed by atoms with Crippen LogP contribution in [0.2, 0.25) is 0 Å². The predicted octanol–water partition coefficient (Wildman–Crippen LogP) is 2.10. The largest absolute Gasteiger partial charge is 0.350 e. The van der Waals surface area contributed by atoms with Crippen molar-refractivity contribution in [1.29, 1.82) is 0 Å². The third-order valence-corrected chi connectivity index (χ3v) is 2.56. The van der Waals surface area contributed by atoms with Gasteiger partial charge >= 0.3 is 0 Å². The van der Waals surface area contributed by atoms with Crippen LogP contribution in [-0.2, 0) is 9.47 Å². The molecule has 0 aromatic rings. The van der Waals surface area contributed by atoms with Gasteiger partial charge in [-0.25, -0.2) is 0 Å². The van der Waals surface area contributed by atoms with E-state index >= 15 is 0 Å². The molecule has 2 heteroatoms. The molecule has 0 spiro atoms. The van der Waals surface area contributed by atoms with Crippen molar-refractivity contribution in [3.8, 4) is 0 Å². The molecule has 0 amide bonds. The second-order valence-corrected chi connectivity index (χ2v) is 3.69. The molecule has 0 aromatic carbocycles. The monoisotopic (exact) mass is 168 g/mol. The summed E-state index contributed by atoms with van der Waals surface area (Å²) in [7, 11) is 0. The van der Waals surface area contributed by atoms with E-state index in [1.165, 1.54) is 12.8 Å². The third kappa shape index (κ3) is 1.70. The molecule has 2 nitrogen and oxygen atoms in total. The zero-order valence-corrected chi connectivity index (χ0v) is 7.53. The fourth-order valence-electron chi connectivity index (χ4n) is 1.85. The minimum absolute atomic E-state index is 0.0740. The van der Waals surface area contributed by atoms with Crippen molar-refractivity contribution < 1.29 is 9.47 Å². The molecule has 1 fully saturated rings. The highest BCUT2D eigenvalue weighted by molar-refractivity contribution is 4.91. The van der Waals surface area contributed by atoms with Gasteiger partial charge in [0, 0.05) is 5.92 Å². The second-order valence-electron chi connectivity index (χ2n) is 3.69. The minimum Gasteiger partial charge on any atom is -0.350 e. The lowest BCUT2D eigenvalue weighted by molar-refractivity contribution is -0.0959. The molecule has 2 aliphatic rings. The van der Waals surface area contributed by atoms with Gasteiger partial charge in [-0.2, -0.15) is 0 Å². The summed E-state index contributed by atoms with van der Waals surface area (Å²) in [6.45, 7) is 2.84. The van der Waals surface area contributed by atoms with Crippen molar-refractivity contribution in [3.05, 3.63) is 12.2 Å². The van der Waals surface area contributed by atoms with Gasteiger partial charge in [-0.05, 0) is 26.2 Å². The minimum atomic E-state index is 0.0740. The number of ether oxygens (including phenoxy) is 2. The molecular weight excluding hydrogens is 152 g/mol. The van der Waals surface area contributed by atoms with Crippen molar-refractivity contribution in [1.82, 2.24) is 0 Å². The normalized spacial score (nSPS) is 41.9. The van der Waals surface area contributed by atoms with Crippen LogP contribution in [0.15, 0.2) is 12.2 Å². The Morgan fingerprint density at radius 2 is 2.25 bits per heavy atom. The Bertz CT molecular complexity index is 177. The fraction of sp³-hybridized carbons (Fsp3) is 0.800. The van der Waals surface area contributed by atoms with E-state index in [-0.39, 0.29) is 6.29 Å². The second kappa shape index (κ2) is 3.58. The molecule has 1 aliphatic heterocycles. The summed E-state index contributed by atoms with van der Waals surface area (Å²) in [5, 5.41) is 0. The molecule has 0 aromatic heterocycles. The van der Waals surface area contributed by atoms with E-state index < -0.39 is 0 Å². The number of hydrogen-bond donors (Lipinski definition) is 0. The first-order chi connectivity index (χ1) is 5.86. The molecule has 0 N–H and O–H groups in total. The molecule has 12 heavy (non-hydrogen) atoms. The van der Waals surface area contributed by atoms with E-state index in [9.17, 15) is 0 Å². The average Bonchev–Trinajstić information content (AvgIpc) is 2.54. The first-order valence-electron chi connectivity index (χ1n) is 4.78. The summed E-state index contributed by atoms with van der Waals surface area (Å²) in [6, 6.07) is 0. The Morgan fingerprint density at radius 1 is 1.33 bits per heavy atom. The van der Waals surface area contributed by atoms with Crippen LogP contribution < -0.4 is 0 Å². The highest BCUT2D eigenvalue weighted by Gasteiger charge is 2.29. The van der Waals surface area contributed by atoms with Gasteiger partial charge in [0.15, 0.2) is 6.29 Å². The van der Waals surface area contributed by atoms with E-state index in [1.54, 1.807) is 0 Å². The highest BCUT2D eigenvalue weighted by atomic mass is 16.7. The highest BCUT2D eigenvalue weighted by Crippen LogP contribution is 2.28. The SMILES string of the molecule is C[C@H]1CO[C@H]([C@H]2CC=CCC2)O1. The molecule has 0 radical (unpaired) electrons. The summed E-state index contributed by atoms with van der Waals surface area (Å²) < 4.78 is 11.2. The van der Waals surface area contributed by atoms with Crippen molar-refractivity contribution in [2.75, 3.05) is 6.61 Å². The van der Waals surface area contributed by atoms with E-state index in [1.807, 2.05) is 0 Å². The van der Waals surface area contributed by atoms with E-state index in [0.29, 0.717) is 12.0 Å². The Morgan fingerprint density at radius 3 is 2.83 bits per heavy atom. The lowest BCUT2D eigenvalue weighted by Gasteiger charge is -2.22. The van der Waals surface area contributed by atoms with Crippen molar-refractivity contribution in [3.63, 3.8) is 0 Å². The maximum atomic E-state index is 5.64. The number of rotatable bonds is 1. The lowest BCUT2D eigenvalue weighted by Crippen LogP contribution is -2.22. The summed E-state index contributed by atoms with van der Waals surface area (Å²) >= 11 is 0. The molecule has 0 unspecified atom stereocenters. The summed E-state index contributed by atoms with van der Waals surface area (Å²) in [6.07, 6.45) is 8.37. The van der Waals surface area contributed by atoms with Crippen molar-refractivity contribution >= 4 is 0 Å². The van der Waals surface area contributed by atoms with Crippen LogP contribution in [0.4, 0.5) is 0 Å². The standard InChI is InChI=1S/C10H16O2/c1-8-7-11-10(12-8)9-5-3-2-4-6-9/h2-3,8-10H,4-7H2,1H3/t8-,9-,10-/m0/s1. The van der Waals surface area contributed by atoms with E-state index in [2.05, 4.69) is 19.1 Å². The van der Waals surface area contributed by atoms with Crippen LogP contribution in [-0.4, -0.2) is 19.0 Å². The molecule has 0 saturated carbocycles. The fourth-order valence-corrected chi connectivity index (χ4v) is 1.85. The quantitative estimate of drug-likeness (QED) is 0.558. The summed E-state index contributed by atoms with van der Waals surface area (Å²) in [5.74, 6) is 0.597. The molecule has 1 heterocycles. The Kier molecular flexibility index (Phi) is 2.47. The zero-order valence-electron chi connectivity index (χ0n) is 7.53.